The molecule has 0 aliphatic carbocycles. The SMILES string of the molecule is CN(C)C(=O)CN=C(NCC1CCCO1)N1CCCC1. The molecule has 0 aromatic rings. The molecule has 2 fully saturated rings. The summed E-state index contributed by atoms with van der Waals surface area (Å²) in [5.41, 5.74) is 0. The minimum Gasteiger partial charge on any atom is -0.376 e. The van der Waals surface area contributed by atoms with E-state index in [2.05, 4.69) is 15.2 Å². The first-order valence-electron chi connectivity index (χ1n) is 7.52. The zero-order valence-electron chi connectivity index (χ0n) is 12.6. The summed E-state index contributed by atoms with van der Waals surface area (Å²) in [5, 5.41) is 3.38. The summed E-state index contributed by atoms with van der Waals surface area (Å²) in [6.07, 6.45) is 4.93. The van der Waals surface area contributed by atoms with Crippen LogP contribution in [0.5, 0.6) is 0 Å². The minimum atomic E-state index is 0.0283. The molecule has 1 unspecified atom stereocenters. The standard InChI is InChI=1S/C14H26N4O2/c1-17(2)13(19)11-16-14(18-7-3-4-8-18)15-10-12-6-5-9-20-12/h12H,3-11H2,1-2H3,(H,15,16). The lowest BCUT2D eigenvalue weighted by Crippen LogP contribution is -2.43. The van der Waals surface area contributed by atoms with Crippen LogP contribution in [0.3, 0.4) is 0 Å². The van der Waals surface area contributed by atoms with Gasteiger partial charge in [-0.25, -0.2) is 4.99 Å². The summed E-state index contributed by atoms with van der Waals surface area (Å²) in [7, 11) is 3.51. The van der Waals surface area contributed by atoms with Crippen LogP contribution in [0.1, 0.15) is 25.7 Å². The van der Waals surface area contributed by atoms with Crippen LogP contribution in [0.4, 0.5) is 0 Å². The van der Waals surface area contributed by atoms with Crippen molar-refractivity contribution in [1.82, 2.24) is 15.1 Å². The Labute approximate surface area is 121 Å². The van der Waals surface area contributed by atoms with Gasteiger partial charge in [0.25, 0.3) is 0 Å². The highest BCUT2D eigenvalue weighted by molar-refractivity contribution is 5.85. The van der Waals surface area contributed by atoms with Gasteiger partial charge in [-0.2, -0.15) is 0 Å². The van der Waals surface area contributed by atoms with Crippen LogP contribution in [-0.4, -0.2) is 74.7 Å². The second-order valence-corrected chi connectivity index (χ2v) is 5.64. The number of hydrogen-bond acceptors (Lipinski definition) is 3. The molecule has 1 N–H and O–H groups in total. The van der Waals surface area contributed by atoms with Crippen molar-refractivity contribution in [2.24, 2.45) is 4.99 Å². The lowest BCUT2D eigenvalue weighted by Gasteiger charge is -2.23. The maximum atomic E-state index is 11.7. The molecular formula is C14H26N4O2. The van der Waals surface area contributed by atoms with Crippen LogP contribution >= 0.6 is 0 Å². The Kier molecular flexibility index (Phi) is 5.64. The van der Waals surface area contributed by atoms with E-state index in [0.29, 0.717) is 0 Å². The van der Waals surface area contributed by atoms with Crippen LogP contribution in [0.25, 0.3) is 0 Å². The molecule has 2 aliphatic heterocycles. The Hall–Kier alpha value is -1.30. The molecule has 6 heteroatoms. The van der Waals surface area contributed by atoms with Gasteiger partial charge in [0.05, 0.1) is 6.10 Å². The van der Waals surface area contributed by atoms with E-state index in [9.17, 15) is 4.79 Å². The van der Waals surface area contributed by atoms with E-state index in [1.54, 1.807) is 19.0 Å². The van der Waals surface area contributed by atoms with Crippen molar-refractivity contribution < 1.29 is 9.53 Å². The fourth-order valence-corrected chi connectivity index (χ4v) is 2.49. The van der Waals surface area contributed by atoms with Gasteiger partial charge in [-0.15, -0.1) is 0 Å². The molecule has 20 heavy (non-hydrogen) atoms. The zero-order chi connectivity index (χ0) is 14.4. The maximum absolute atomic E-state index is 11.7. The van der Waals surface area contributed by atoms with Crippen molar-refractivity contribution in [2.45, 2.75) is 31.8 Å². The predicted molar refractivity (Wildman–Crippen MR) is 78.8 cm³/mol. The molecule has 2 aliphatic rings. The molecule has 0 saturated carbocycles. The molecule has 6 nitrogen and oxygen atoms in total. The molecule has 2 heterocycles. The number of carbonyl (C=O) groups is 1. The van der Waals surface area contributed by atoms with E-state index in [0.717, 1.165) is 45.0 Å². The molecule has 2 saturated heterocycles. The van der Waals surface area contributed by atoms with Crippen molar-refractivity contribution in [3.05, 3.63) is 0 Å². The molecule has 0 aromatic heterocycles. The van der Waals surface area contributed by atoms with Gasteiger partial charge >= 0.3 is 0 Å². The molecular weight excluding hydrogens is 256 g/mol. The smallest absolute Gasteiger partial charge is 0.243 e. The zero-order valence-corrected chi connectivity index (χ0v) is 12.6. The van der Waals surface area contributed by atoms with E-state index in [1.807, 2.05) is 0 Å². The van der Waals surface area contributed by atoms with Crippen molar-refractivity contribution in [3.63, 3.8) is 0 Å². The number of hydrogen-bond donors (Lipinski definition) is 1. The number of ether oxygens (including phenoxy) is 1. The van der Waals surface area contributed by atoms with Crippen molar-refractivity contribution in [1.29, 1.82) is 0 Å². The van der Waals surface area contributed by atoms with Gasteiger partial charge in [0.2, 0.25) is 5.91 Å². The van der Waals surface area contributed by atoms with E-state index in [-0.39, 0.29) is 18.6 Å². The fourth-order valence-electron chi connectivity index (χ4n) is 2.49. The van der Waals surface area contributed by atoms with Gasteiger partial charge in [-0.05, 0) is 25.7 Å². The van der Waals surface area contributed by atoms with E-state index in [1.165, 1.54) is 12.8 Å². The lowest BCUT2D eigenvalue weighted by molar-refractivity contribution is -0.127. The normalized spacial score (nSPS) is 23.2. The number of amides is 1. The molecule has 1 atom stereocenters. The highest BCUT2D eigenvalue weighted by atomic mass is 16.5. The van der Waals surface area contributed by atoms with Crippen LogP contribution in [0.15, 0.2) is 4.99 Å². The largest absolute Gasteiger partial charge is 0.376 e. The van der Waals surface area contributed by atoms with Crippen molar-refractivity contribution in [3.8, 4) is 0 Å². The second-order valence-electron chi connectivity index (χ2n) is 5.64. The predicted octanol–water partition coefficient (Wildman–Crippen LogP) is 0.295. The second kappa shape index (κ2) is 7.47. The number of nitrogens with one attached hydrogen (secondary N) is 1. The summed E-state index contributed by atoms with van der Waals surface area (Å²) in [5.74, 6) is 0.883. The number of likely N-dealkylation sites (N-methyl/N-ethyl adjacent to an activating group) is 1. The molecule has 0 radical (unpaired) electrons. The topological polar surface area (TPSA) is 57.2 Å². The summed E-state index contributed by atoms with van der Waals surface area (Å²) in [6.45, 7) is 3.89. The summed E-state index contributed by atoms with van der Waals surface area (Å²) in [4.78, 5) is 20.0. The van der Waals surface area contributed by atoms with Gasteiger partial charge in [0, 0.05) is 40.3 Å². The Morgan fingerprint density at radius 2 is 2.10 bits per heavy atom. The van der Waals surface area contributed by atoms with E-state index >= 15 is 0 Å². The van der Waals surface area contributed by atoms with Gasteiger partial charge < -0.3 is 19.9 Å². The number of carbonyl (C=O) groups excluding carboxylic acids is 1. The van der Waals surface area contributed by atoms with Crippen molar-refractivity contribution in [2.75, 3.05) is 46.9 Å². The number of rotatable bonds is 4. The average molecular weight is 282 g/mol. The van der Waals surface area contributed by atoms with Crippen LogP contribution in [0, 0.1) is 0 Å². The molecule has 114 valence electrons. The third-order valence-electron chi connectivity index (χ3n) is 3.78. The first-order valence-corrected chi connectivity index (χ1v) is 7.52. The van der Waals surface area contributed by atoms with Crippen LogP contribution < -0.4 is 5.32 Å². The maximum Gasteiger partial charge on any atom is 0.243 e. The van der Waals surface area contributed by atoms with Gasteiger partial charge in [0.1, 0.15) is 6.54 Å². The molecule has 0 spiro atoms. The number of aliphatic imine (C=N–C) groups is 1. The first kappa shape index (κ1) is 15.1. The number of nitrogens with zero attached hydrogens (tertiary/aromatic N) is 3. The highest BCUT2D eigenvalue weighted by Crippen LogP contribution is 2.12. The summed E-state index contributed by atoms with van der Waals surface area (Å²) in [6, 6.07) is 0. The Balaban J connectivity index is 1.88. The lowest BCUT2D eigenvalue weighted by atomic mass is 10.2. The number of likely N-dealkylation sites (tertiary alicyclic amines) is 1. The quantitative estimate of drug-likeness (QED) is 0.595. The third kappa shape index (κ3) is 4.37. The first-order chi connectivity index (χ1) is 9.66. The fraction of sp³-hybridized carbons (Fsp3) is 0.857. The Morgan fingerprint density at radius 1 is 1.35 bits per heavy atom. The molecule has 1 amide bonds. The Bertz CT molecular complexity index is 345. The molecule has 2 rings (SSSR count). The van der Waals surface area contributed by atoms with Gasteiger partial charge in [0.15, 0.2) is 5.96 Å². The van der Waals surface area contributed by atoms with Gasteiger partial charge in [-0.3, -0.25) is 4.79 Å². The van der Waals surface area contributed by atoms with E-state index < -0.39 is 0 Å². The van der Waals surface area contributed by atoms with Crippen molar-refractivity contribution >= 4 is 11.9 Å². The monoisotopic (exact) mass is 282 g/mol. The number of guanidine groups is 1. The summed E-state index contributed by atoms with van der Waals surface area (Å²) >= 11 is 0. The molecule has 0 bridgehead atoms. The minimum absolute atomic E-state index is 0.0283. The molecule has 0 aromatic carbocycles. The summed E-state index contributed by atoms with van der Waals surface area (Å²) < 4.78 is 5.62. The Morgan fingerprint density at radius 3 is 2.70 bits per heavy atom. The van der Waals surface area contributed by atoms with E-state index in [4.69, 9.17) is 4.74 Å². The highest BCUT2D eigenvalue weighted by Gasteiger charge is 2.20. The third-order valence-corrected chi connectivity index (χ3v) is 3.78. The van der Waals surface area contributed by atoms with Gasteiger partial charge in [-0.1, -0.05) is 0 Å². The van der Waals surface area contributed by atoms with Crippen LogP contribution in [-0.2, 0) is 9.53 Å². The average Bonchev–Trinajstić information content (AvgIpc) is 3.11. The van der Waals surface area contributed by atoms with Crippen LogP contribution in [0.2, 0.25) is 0 Å².